The zero-order valence-electron chi connectivity index (χ0n) is 18.3. The average Bonchev–Trinajstić information content (AvgIpc) is 3.16. The van der Waals surface area contributed by atoms with Crippen molar-refractivity contribution in [3.8, 4) is 5.75 Å². The van der Waals surface area contributed by atoms with Gasteiger partial charge in [0, 0.05) is 23.2 Å². The standard InChI is InChI=1S/C26H23N3O5/c27-25(28)19-8-11-22-20(12-19)13-29(26(22)32)14-23(30)18-6-9-21(10-7-18)33-16-24(31)34-15-17-4-2-1-3-5-17/h1-12H,13-16H2,(H3,27,28). The van der Waals surface area contributed by atoms with Crippen LogP contribution >= 0.6 is 0 Å². The van der Waals surface area contributed by atoms with Crippen LogP contribution in [0.25, 0.3) is 0 Å². The first-order chi connectivity index (χ1) is 16.4. The molecule has 0 fully saturated rings. The van der Waals surface area contributed by atoms with Gasteiger partial charge in [-0.15, -0.1) is 0 Å². The largest absolute Gasteiger partial charge is 0.482 e. The molecular weight excluding hydrogens is 434 g/mol. The quantitative estimate of drug-likeness (QED) is 0.220. The van der Waals surface area contributed by atoms with E-state index in [1.807, 2.05) is 30.3 Å². The molecule has 1 aliphatic rings. The number of fused-ring (bicyclic) bond motifs is 1. The monoisotopic (exact) mass is 457 g/mol. The molecule has 172 valence electrons. The first-order valence-corrected chi connectivity index (χ1v) is 10.6. The fraction of sp³-hybridized carbons (Fsp3) is 0.154. The molecule has 3 aromatic carbocycles. The van der Waals surface area contributed by atoms with Crippen LogP contribution in [0.1, 0.15) is 37.4 Å². The van der Waals surface area contributed by atoms with E-state index >= 15 is 0 Å². The molecule has 8 heteroatoms. The maximum absolute atomic E-state index is 12.7. The molecule has 0 saturated heterocycles. The maximum atomic E-state index is 12.7. The van der Waals surface area contributed by atoms with Gasteiger partial charge in [0.25, 0.3) is 5.91 Å². The van der Waals surface area contributed by atoms with E-state index in [2.05, 4.69) is 0 Å². The summed E-state index contributed by atoms with van der Waals surface area (Å²) in [6.45, 7) is 0.136. The van der Waals surface area contributed by atoms with Gasteiger partial charge in [0.15, 0.2) is 12.4 Å². The Hall–Kier alpha value is -4.46. The van der Waals surface area contributed by atoms with Crippen LogP contribution in [-0.2, 0) is 22.7 Å². The Morgan fingerprint density at radius 1 is 0.971 bits per heavy atom. The van der Waals surface area contributed by atoms with Crippen LogP contribution in [0.5, 0.6) is 5.75 Å². The molecule has 3 N–H and O–H groups in total. The van der Waals surface area contributed by atoms with Crippen molar-refractivity contribution in [3.05, 3.63) is 101 Å². The molecule has 1 aliphatic heterocycles. The SMILES string of the molecule is N=C(N)c1ccc2c(c1)CN(CC(=O)c1ccc(OCC(=O)OCc3ccccc3)cc1)C2=O. The number of nitrogens with two attached hydrogens (primary N) is 1. The van der Waals surface area contributed by atoms with Crippen LogP contribution in [0.4, 0.5) is 0 Å². The molecule has 34 heavy (non-hydrogen) atoms. The van der Waals surface area contributed by atoms with Crippen molar-refractivity contribution in [3.63, 3.8) is 0 Å². The summed E-state index contributed by atoms with van der Waals surface area (Å²) in [5.41, 5.74) is 8.63. The van der Waals surface area contributed by atoms with Gasteiger partial charge in [0.1, 0.15) is 18.2 Å². The number of ether oxygens (including phenoxy) is 2. The van der Waals surface area contributed by atoms with Gasteiger partial charge in [0.2, 0.25) is 0 Å². The Balaban J connectivity index is 1.28. The summed E-state index contributed by atoms with van der Waals surface area (Å²) >= 11 is 0. The van der Waals surface area contributed by atoms with E-state index in [9.17, 15) is 14.4 Å². The number of benzene rings is 3. The van der Waals surface area contributed by atoms with Crippen molar-refractivity contribution in [2.24, 2.45) is 5.73 Å². The summed E-state index contributed by atoms with van der Waals surface area (Å²) in [4.78, 5) is 38.7. The number of ketones is 1. The second-order valence-electron chi connectivity index (χ2n) is 7.83. The lowest BCUT2D eigenvalue weighted by atomic mass is 10.1. The second kappa shape index (κ2) is 9.99. The summed E-state index contributed by atoms with van der Waals surface area (Å²) < 4.78 is 10.6. The van der Waals surface area contributed by atoms with E-state index in [1.165, 1.54) is 4.90 Å². The minimum Gasteiger partial charge on any atom is -0.482 e. The normalized spacial score (nSPS) is 12.2. The number of nitrogen functional groups attached to an aromatic ring is 1. The van der Waals surface area contributed by atoms with Crippen molar-refractivity contribution in [1.29, 1.82) is 5.41 Å². The molecule has 0 bridgehead atoms. The molecule has 1 heterocycles. The Kier molecular flexibility index (Phi) is 6.68. The van der Waals surface area contributed by atoms with Gasteiger partial charge in [-0.05, 0) is 47.5 Å². The molecule has 0 aromatic heterocycles. The number of hydrogen-bond acceptors (Lipinski definition) is 6. The summed E-state index contributed by atoms with van der Waals surface area (Å²) in [6, 6.07) is 20.7. The van der Waals surface area contributed by atoms with Gasteiger partial charge in [-0.1, -0.05) is 36.4 Å². The van der Waals surface area contributed by atoms with E-state index in [-0.39, 0.29) is 43.8 Å². The number of hydrogen-bond donors (Lipinski definition) is 2. The minimum absolute atomic E-state index is 0.0726. The number of nitrogens with zero attached hydrogens (tertiary/aromatic N) is 1. The van der Waals surface area contributed by atoms with Crippen LogP contribution in [-0.4, -0.2) is 41.5 Å². The van der Waals surface area contributed by atoms with Gasteiger partial charge < -0.3 is 20.1 Å². The Bertz CT molecular complexity index is 1240. The predicted octanol–water partition coefficient (Wildman–Crippen LogP) is 2.93. The third kappa shape index (κ3) is 5.29. The van der Waals surface area contributed by atoms with Crippen molar-refractivity contribution in [2.75, 3.05) is 13.2 Å². The Labute approximate surface area is 196 Å². The van der Waals surface area contributed by atoms with Crippen LogP contribution < -0.4 is 10.5 Å². The molecule has 0 unspecified atom stereocenters. The molecule has 0 aliphatic carbocycles. The van der Waals surface area contributed by atoms with E-state index in [0.29, 0.717) is 22.4 Å². The number of esters is 1. The maximum Gasteiger partial charge on any atom is 0.344 e. The number of amidine groups is 1. The highest BCUT2D eigenvalue weighted by atomic mass is 16.6. The van der Waals surface area contributed by atoms with Crippen molar-refractivity contribution >= 4 is 23.5 Å². The minimum atomic E-state index is -0.496. The van der Waals surface area contributed by atoms with Crippen LogP contribution in [0.15, 0.2) is 72.8 Å². The lowest BCUT2D eigenvalue weighted by Crippen LogP contribution is -2.30. The van der Waals surface area contributed by atoms with E-state index in [0.717, 1.165) is 11.1 Å². The van der Waals surface area contributed by atoms with Crippen LogP contribution in [0.2, 0.25) is 0 Å². The molecular formula is C26H23N3O5. The lowest BCUT2D eigenvalue weighted by Gasteiger charge is -2.14. The third-order valence-electron chi connectivity index (χ3n) is 5.41. The summed E-state index contributed by atoms with van der Waals surface area (Å²) in [5.74, 6) is -0.593. The molecule has 0 spiro atoms. The first kappa shape index (κ1) is 22.7. The topological polar surface area (TPSA) is 123 Å². The Morgan fingerprint density at radius 3 is 2.38 bits per heavy atom. The fourth-order valence-electron chi connectivity index (χ4n) is 3.60. The van der Waals surface area contributed by atoms with Gasteiger partial charge in [0.05, 0.1) is 6.54 Å². The smallest absolute Gasteiger partial charge is 0.344 e. The first-order valence-electron chi connectivity index (χ1n) is 10.6. The van der Waals surface area contributed by atoms with Crippen molar-refractivity contribution < 1.29 is 23.9 Å². The summed E-state index contributed by atoms with van der Waals surface area (Å²) in [6.07, 6.45) is 0. The van der Waals surface area contributed by atoms with Crippen LogP contribution in [0.3, 0.4) is 0 Å². The summed E-state index contributed by atoms with van der Waals surface area (Å²) in [5, 5.41) is 7.54. The zero-order valence-corrected chi connectivity index (χ0v) is 18.3. The number of Topliss-reactive ketones (excluding diaryl/α,β-unsaturated/α-hetero) is 1. The van der Waals surface area contributed by atoms with E-state index in [1.54, 1.807) is 42.5 Å². The lowest BCUT2D eigenvalue weighted by molar-refractivity contribution is -0.147. The molecule has 0 saturated carbocycles. The molecule has 1 amide bonds. The van der Waals surface area contributed by atoms with Crippen LogP contribution in [0, 0.1) is 5.41 Å². The fourth-order valence-corrected chi connectivity index (χ4v) is 3.60. The number of nitrogens with one attached hydrogen (secondary N) is 1. The second-order valence-corrected chi connectivity index (χ2v) is 7.83. The molecule has 0 atom stereocenters. The number of amides is 1. The molecule has 0 radical (unpaired) electrons. The number of carbonyl (C=O) groups is 3. The average molecular weight is 457 g/mol. The van der Waals surface area contributed by atoms with E-state index in [4.69, 9.17) is 20.6 Å². The van der Waals surface area contributed by atoms with Gasteiger partial charge in [-0.25, -0.2) is 4.79 Å². The van der Waals surface area contributed by atoms with Crippen molar-refractivity contribution in [2.45, 2.75) is 13.2 Å². The number of rotatable bonds is 9. The van der Waals surface area contributed by atoms with Gasteiger partial charge in [-0.2, -0.15) is 0 Å². The van der Waals surface area contributed by atoms with Gasteiger partial charge in [-0.3, -0.25) is 15.0 Å². The van der Waals surface area contributed by atoms with E-state index < -0.39 is 5.97 Å². The Morgan fingerprint density at radius 2 is 1.68 bits per heavy atom. The van der Waals surface area contributed by atoms with Crippen molar-refractivity contribution in [1.82, 2.24) is 4.90 Å². The molecule has 4 rings (SSSR count). The molecule has 8 nitrogen and oxygen atoms in total. The highest BCUT2D eigenvalue weighted by molar-refractivity contribution is 6.05. The number of carbonyl (C=O) groups excluding carboxylic acids is 3. The highest BCUT2D eigenvalue weighted by Crippen LogP contribution is 2.24. The summed E-state index contributed by atoms with van der Waals surface area (Å²) in [7, 11) is 0. The highest BCUT2D eigenvalue weighted by Gasteiger charge is 2.29. The zero-order chi connectivity index (χ0) is 24.1. The molecule has 3 aromatic rings. The third-order valence-corrected chi connectivity index (χ3v) is 5.41. The predicted molar refractivity (Wildman–Crippen MR) is 125 cm³/mol. The van der Waals surface area contributed by atoms with Gasteiger partial charge >= 0.3 is 5.97 Å².